The Morgan fingerprint density at radius 3 is 2.43 bits per heavy atom. The molecule has 120 valence electrons. The molecule has 0 fully saturated rings. The van der Waals surface area contributed by atoms with Gasteiger partial charge in [-0.2, -0.15) is 0 Å². The number of hydrogen-bond acceptors (Lipinski definition) is 3. The van der Waals surface area contributed by atoms with E-state index >= 15 is 0 Å². The van der Waals surface area contributed by atoms with Crippen LogP contribution in [-0.2, 0) is 15.4 Å². The summed E-state index contributed by atoms with van der Waals surface area (Å²) in [5.41, 5.74) is 1.42. The van der Waals surface area contributed by atoms with Gasteiger partial charge in [0.15, 0.2) is 0 Å². The van der Waals surface area contributed by atoms with Gasteiger partial charge in [-0.05, 0) is 29.0 Å². The van der Waals surface area contributed by atoms with E-state index in [0.717, 1.165) is 5.56 Å². The maximum Gasteiger partial charge on any atom is 0.233 e. The maximum atomic E-state index is 12.2. The molecule has 6 heteroatoms. The molecular formula is C15H24ClNO3S. The topological polar surface area (TPSA) is 55.4 Å². The molecule has 0 aromatic heterocycles. The van der Waals surface area contributed by atoms with Crippen molar-refractivity contribution in [2.24, 2.45) is 5.92 Å². The number of hydrogen-bond donors (Lipinski definition) is 1. The van der Waals surface area contributed by atoms with Crippen molar-refractivity contribution in [3.63, 3.8) is 0 Å². The number of anilines is 1. The van der Waals surface area contributed by atoms with Gasteiger partial charge in [-0.3, -0.25) is 4.72 Å². The first-order valence-electron chi connectivity index (χ1n) is 6.84. The molecule has 1 N–H and O–H groups in total. The van der Waals surface area contributed by atoms with Crippen molar-refractivity contribution in [1.82, 2.24) is 0 Å². The number of nitrogens with one attached hydrogen (secondary N) is 1. The normalized spacial score (nSPS) is 13.8. The van der Waals surface area contributed by atoms with E-state index in [2.05, 4.69) is 25.5 Å². The minimum absolute atomic E-state index is 0.0145. The molecule has 0 bridgehead atoms. The number of rotatable bonds is 6. The molecule has 1 atom stereocenters. The van der Waals surface area contributed by atoms with Gasteiger partial charge in [0.2, 0.25) is 10.0 Å². The molecule has 0 aliphatic rings. The lowest BCUT2D eigenvalue weighted by molar-refractivity contribution is 0.416. The molecule has 0 spiro atoms. The molecule has 0 radical (unpaired) electrons. The van der Waals surface area contributed by atoms with E-state index in [-0.39, 0.29) is 17.1 Å². The van der Waals surface area contributed by atoms with Gasteiger partial charge in [-0.15, -0.1) is 11.6 Å². The summed E-state index contributed by atoms with van der Waals surface area (Å²) in [7, 11) is -1.94. The summed E-state index contributed by atoms with van der Waals surface area (Å²) in [5.74, 6) is 0.686. The van der Waals surface area contributed by atoms with Crippen molar-refractivity contribution >= 4 is 27.3 Å². The Morgan fingerprint density at radius 1 is 1.33 bits per heavy atom. The first-order valence-corrected chi connectivity index (χ1v) is 9.02. The fourth-order valence-corrected chi connectivity index (χ4v) is 3.57. The zero-order valence-corrected chi connectivity index (χ0v) is 14.8. The molecule has 0 aliphatic carbocycles. The number of halogens is 1. The highest BCUT2D eigenvalue weighted by molar-refractivity contribution is 7.92. The largest absolute Gasteiger partial charge is 0.495 e. The average Bonchev–Trinajstić information content (AvgIpc) is 2.36. The second kappa shape index (κ2) is 6.88. The summed E-state index contributed by atoms with van der Waals surface area (Å²) in [4.78, 5) is 0. The Kier molecular flexibility index (Phi) is 5.93. The molecule has 0 saturated carbocycles. The van der Waals surface area contributed by atoms with E-state index in [1.165, 1.54) is 7.11 Å². The van der Waals surface area contributed by atoms with Gasteiger partial charge in [0.1, 0.15) is 5.75 Å². The van der Waals surface area contributed by atoms with Crippen LogP contribution in [0.1, 0.15) is 33.3 Å². The van der Waals surface area contributed by atoms with Crippen LogP contribution in [0.4, 0.5) is 5.69 Å². The van der Waals surface area contributed by atoms with Gasteiger partial charge < -0.3 is 4.74 Å². The monoisotopic (exact) mass is 333 g/mol. The molecule has 1 aromatic rings. The van der Waals surface area contributed by atoms with Crippen LogP contribution < -0.4 is 9.46 Å². The summed E-state index contributed by atoms with van der Waals surface area (Å²) in [5, 5.41) is 0. The van der Waals surface area contributed by atoms with Crippen molar-refractivity contribution in [1.29, 1.82) is 0 Å². The summed E-state index contributed by atoms with van der Waals surface area (Å²) in [6, 6.07) is 5.54. The van der Waals surface area contributed by atoms with Crippen LogP contribution in [0, 0.1) is 5.92 Å². The minimum atomic E-state index is -3.46. The number of ether oxygens (including phenoxy) is 1. The van der Waals surface area contributed by atoms with E-state index < -0.39 is 10.0 Å². The lowest BCUT2D eigenvalue weighted by Gasteiger charge is -2.21. The Labute approximate surface area is 132 Å². The summed E-state index contributed by atoms with van der Waals surface area (Å²) >= 11 is 5.69. The molecule has 4 nitrogen and oxygen atoms in total. The predicted octanol–water partition coefficient (Wildman–Crippen LogP) is 3.61. The standard InChI is InChI=1S/C15H24ClNO3S/c1-11(9-16)10-21(18,19)17-13-8-12(15(2,3)4)6-7-14(13)20-5/h6-8,11,17H,9-10H2,1-5H3. The third-order valence-corrected chi connectivity index (χ3v) is 5.16. The summed E-state index contributed by atoms with van der Waals surface area (Å²) < 4.78 is 32.2. The van der Waals surface area contributed by atoms with E-state index in [1.807, 2.05) is 12.1 Å². The molecule has 0 heterocycles. The number of alkyl halides is 1. The Bertz CT molecular complexity index is 579. The molecule has 21 heavy (non-hydrogen) atoms. The molecule has 0 amide bonds. The van der Waals surface area contributed by atoms with E-state index in [9.17, 15) is 8.42 Å². The summed E-state index contributed by atoms with van der Waals surface area (Å²) in [6.07, 6.45) is 0. The lowest BCUT2D eigenvalue weighted by Crippen LogP contribution is -2.23. The van der Waals surface area contributed by atoms with Gasteiger partial charge in [0.25, 0.3) is 0 Å². The Hall–Kier alpha value is -0.940. The fourth-order valence-electron chi connectivity index (χ4n) is 1.88. The molecule has 1 rings (SSSR count). The third kappa shape index (κ3) is 5.40. The highest BCUT2D eigenvalue weighted by Gasteiger charge is 2.20. The van der Waals surface area contributed by atoms with Gasteiger partial charge >= 0.3 is 0 Å². The first-order chi connectivity index (χ1) is 9.59. The van der Waals surface area contributed by atoms with E-state index in [1.54, 1.807) is 13.0 Å². The van der Waals surface area contributed by atoms with E-state index in [0.29, 0.717) is 17.3 Å². The van der Waals surface area contributed by atoms with Gasteiger partial charge in [-0.25, -0.2) is 8.42 Å². The van der Waals surface area contributed by atoms with Crippen molar-refractivity contribution < 1.29 is 13.2 Å². The second-order valence-corrected chi connectivity index (χ2v) is 8.38. The Balaban J connectivity index is 3.11. The quantitative estimate of drug-likeness (QED) is 0.809. The SMILES string of the molecule is COc1ccc(C(C)(C)C)cc1NS(=O)(=O)CC(C)CCl. The van der Waals surface area contributed by atoms with Crippen LogP contribution in [0.25, 0.3) is 0 Å². The van der Waals surface area contributed by atoms with Crippen molar-refractivity contribution in [3.05, 3.63) is 23.8 Å². The van der Waals surface area contributed by atoms with Crippen LogP contribution in [0.2, 0.25) is 0 Å². The van der Waals surface area contributed by atoms with Crippen LogP contribution in [-0.4, -0.2) is 27.2 Å². The Morgan fingerprint density at radius 2 is 1.95 bits per heavy atom. The van der Waals surface area contributed by atoms with Crippen molar-refractivity contribution in [2.75, 3.05) is 23.5 Å². The molecular weight excluding hydrogens is 310 g/mol. The highest BCUT2D eigenvalue weighted by atomic mass is 35.5. The molecule has 1 unspecified atom stereocenters. The van der Waals surface area contributed by atoms with Crippen molar-refractivity contribution in [2.45, 2.75) is 33.1 Å². The third-order valence-electron chi connectivity index (χ3n) is 3.10. The smallest absolute Gasteiger partial charge is 0.233 e. The first kappa shape index (κ1) is 18.1. The fraction of sp³-hybridized carbons (Fsp3) is 0.600. The number of methoxy groups -OCH3 is 1. The minimum Gasteiger partial charge on any atom is -0.495 e. The van der Waals surface area contributed by atoms with Gasteiger partial charge in [0.05, 0.1) is 18.6 Å². The van der Waals surface area contributed by atoms with Crippen LogP contribution in [0.5, 0.6) is 5.75 Å². The number of benzene rings is 1. The van der Waals surface area contributed by atoms with Crippen molar-refractivity contribution in [3.8, 4) is 5.75 Å². The maximum absolute atomic E-state index is 12.2. The summed E-state index contributed by atoms with van der Waals surface area (Å²) in [6.45, 7) is 8.02. The van der Waals surface area contributed by atoms with Crippen LogP contribution in [0.15, 0.2) is 18.2 Å². The zero-order valence-electron chi connectivity index (χ0n) is 13.2. The van der Waals surface area contributed by atoms with Crippen LogP contribution in [0.3, 0.4) is 0 Å². The highest BCUT2D eigenvalue weighted by Crippen LogP contribution is 2.32. The van der Waals surface area contributed by atoms with Gasteiger partial charge in [0, 0.05) is 5.88 Å². The predicted molar refractivity (Wildman–Crippen MR) is 89.0 cm³/mol. The number of sulfonamides is 1. The van der Waals surface area contributed by atoms with E-state index in [4.69, 9.17) is 16.3 Å². The molecule has 1 aromatic carbocycles. The zero-order chi connectivity index (χ0) is 16.3. The molecule has 0 aliphatic heterocycles. The van der Waals surface area contributed by atoms with Crippen LogP contribution >= 0.6 is 11.6 Å². The second-order valence-electron chi connectivity index (χ2n) is 6.31. The molecule has 0 saturated heterocycles. The average molecular weight is 334 g/mol. The van der Waals surface area contributed by atoms with Gasteiger partial charge in [-0.1, -0.05) is 33.8 Å². The lowest BCUT2D eigenvalue weighted by atomic mass is 9.87.